The van der Waals surface area contributed by atoms with Gasteiger partial charge in [0.2, 0.25) is 0 Å². The van der Waals surface area contributed by atoms with Crippen molar-refractivity contribution in [2.24, 2.45) is 7.05 Å². The monoisotopic (exact) mass is 256 g/mol. The summed E-state index contributed by atoms with van der Waals surface area (Å²) in [5.41, 5.74) is 0.763. The standard InChI is InChI=1S/C11H10Cl2N2O/c1-14-5-6-15(11(14)16)7-8-3-2-4-9(12)10(8)13/h2-6H,7H2,1H3. The zero-order valence-corrected chi connectivity index (χ0v) is 10.2. The third-order valence-electron chi connectivity index (χ3n) is 2.39. The largest absolute Gasteiger partial charge is 0.328 e. The topological polar surface area (TPSA) is 26.9 Å². The average molecular weight is 257 g/mol. The first-order chi connectivity index (χ1) is 7.59. The Kier molecular flexibility index (Phi) is 3.08. The van der Waals surface area contributed by atoms with Gasteiger partial charge in [-0.15, -0.1) is 0 Å². The van der Waals surface area contributed by atoms with Crippen molar-refractivity contribution in [3.8, 4) is 0 Å². The fraction of sp³-hybridized carbons (Fsp3) is 0.182. The van der Waals surface area contributed by atoms with Crippen LogP contribution < -0.4 is 5.69 Å². The van der Waals surface area contributed by atoms with Crippen LogP contribution in [0, 0.1) is 0 Å². The Labute approximate surface area is 103 Å². The van der Waals surface area contributed by atoms with Gasteiger partial charge in [-0.2, -0.15) is 0 Å². The first-order valence-corrected chi connectivity index (χ1v) is 5.50. The molecule has 84 valence electrons. The Balaban J connectivity index is 2.38. The van der Waals surface area contributed by atoms with Crippen LogP contribution in [0.25, 0.3) is 0 Å². The van der Waals surface area contributed by atoms with Gasteiger partial charge in [-0.05, 0) is 11.6 Å². The van der Waals surface area contributed by atoms with Crippen molar-refractivity contribution in [2.45, 2.75) is 6.54 Å². The molecule has 16 heavy (non-hydrogen) atoms. The Hall–Kier alpha value is -1.19. The molecular weight excluding hydrogens is 247 g/mol. The zero-order chi connectivity index (χ0) is 11.7. The maximum Gasteiger partial charge on any atom is 0.328 e. The number of imidazole rings is 1. The summed E-state index contributed by atoms with van der Waals surface area (Å²) in [6.07, 6.45) is 3.43. The molecule has 0 spiro atoms. The Morgan fingerprint density at radius 2 is 2.00 bits per heavy atom. The van der Waals surface area contributed by atoms with Crippen LogP contribution in [0.2, 0.25) is 10.0 Å². The van der Waals surface area contributed by atoms with E-state index in [4.69, 9.17) is 23.2 Å². The van der Waals surface area contributed by atoms with Crippen LogP contribution >= 0.6 is 23.2 Å². The highest BCUT2D eigenvalue weighted by atomic mass is 35.5. The Morgan fingerprint density at radius 1 is 1.25 bits per heavy atom. The lowest BCUT2D eigenvalue weighted by molar-refractivity contribution is 0.718. The summed E-state index contributed by atoms with van der Waals surface area (Å²) in [6.45, 7) is 0.430. The number of hydrogen-bond donors (Lipinski definition) is 0. The number of halogens is 2. The molecule has 0 atom stereocenters. The second kappa shape index (κ2) is 4.36. The summed E-state index contributed by atoms with van der Waals surface area (Å²) in [7, 11) is 1.71. The number of aromatic nitrogens is 2. The van der Waals surface area contributed by atoms with Crippen LogP contribution in [0.3, 0.4) is 0 Å². The molecule has 0 unspecified atom stereocenters. The predicted octanol–water partition coefficient (Wildman–Crippen LogP) is 2.54. The van der Waals surface area contributed by atoms with Crippen LogP contribution in [-0.4, -0.2) is 9.13 Å². The van der Waals surface area contributed by atoms with Crippen LogP contribution in [0.4, 0.5) is 0 Å². The maximum atomic E-state index is 11.6. The van der Waals surface area contributed by atoms with Gasteiger partial charge >= 0.3 is 5.69 Å². The van der Waals surface area contributed by atoms with Gasteiger partial charge in [0.05, 0.1) is 16.6 Å². The molecule has 1 aromatic heterocycles. The van der Waals surface area contributed by atoms with Gasteiger partial charge in [0, 0.05) is 19.4 Å². The van der Waals surface area contributed by atoms with E-state index in [0.717, 1.165) is 5.56 Å². The molecule has 5 heteroatoms. The molecule has 2 rings (SSSR count). The van der Waals surface area contributed by atoms with E-state index in [9.17, 15) is 4.79 Å². The van der Waals surface area contributed by atoms with Gasteiger partial charge in [-0.25, -0.2) is 4.79 Å². The number of rotatable bonds is 2. The van der Waals surface area contributed by atoms with E-state index < -0.39 is 0 Å². The van der Waals surface area contributed by atoms with E-state index in [-0.39, 0.29) is 5.69 Å². The SMILES string of the molecule is Cn1ccn(Cc2cccc(Cl)c2Cl)c1=O. The maximum absolute atomic E-state index is 11.6. The van der Waals surface area contributed by atoms with Crippen molar-refractivity contribution >= 4 is 23.2 Å². The summed E-state index contributed by atoms with van der Waals surface area (Å²) in [5.74, 6) is 0. The highest BCUT2D eigenvalue weighted by molar-refractivity contribution is 6.42. The van der Waals surface area contributed by atoms with Crippen LogP contribution in [0.15, 0.2) is 35.4 Å². The smallest absolute Gasteiger partial charge is 0.302 e. The van der Waals surface area contributed by atoms with E-state index in [1.54, 1.807) is 30.1 Å². The molecule has 0 N–H and O–H groups in total. The molecule has 0 saturated heterocycles. The van der Waals surface area contributed by atoms with E-state index in [1.807, 2.05) is 12.1 Å². The quantitative estimate of drug-likeness (QED) is 0.812. The number of aryl methyl sites for hydroxylation is 1. The minimum atomic E-state index is -0.0731. The van der Waals surface area contributed by atoms with Gasteiger partial charge in [0.25, 0.3) is 0 Å². The minimum Gasteiger partial charge on any atom is -0.302 e. The predicted molar refractivity (Wildman–Crippen MR) is 65.2 cm³/mol. The summed E-state index contributed by atoms with van der Waals surface area (Å²) in [5, 5.41) is 1.00. The fourth-order valence-corrected chi connectivity index (χ4v) is 1.86. The lowest BCUT2D eigenvalue weighted by atomic mass is 10.2. The van der Waals surface area contributed by atoms with Crippen LogP contribution in [-0.2, 0) is 13.6 Å². The van der Waals surface area contributed by atoms with Crippen molar-refractivity contribution in [2.75, 3.05) is 0 Å². The number of nitrogens with zero attached hydrogens (tertiary/aromatic N) is 2. The molecule has 0 bridgehead atoms. The van der Waals surface area contributed by atoms with Gasteiger partial charge in [0.15, 0.2) is 0 Å². The van der Waals surface area contributed by atoms with Gasteiger partial charge < -0.3 is 4.57 Å². The van der Waals surface area contributed by atoms with Gasteiger partial charge in [-0.1, -0.05) is 35.3 Å². The lowest BCUT2D eigenvalue weighted by Gasteiger charge is -2.05. The summed E-state index contributed by atoms with van der Waals surface area (Å²) >= 11 is 11.9. The second-order valence-electron chi connectivity index (χ2n) is 3.53. The molecule has 2 aromatic rings. The molecule has 3 nitrogen and oxygen atoms in total. The van der Waals surface area contributed by atoms with Crippen LogP contribution in [0.5, 0.6) is 0 Å². The van der Waals surface area contributed by atoms with E-state index in [2.05, 4.69) is 0 Å². The minimum absolute atomic E-state index is 0.0731. The first-order valence-electron chi connectivity index (χ1n) is 4.74. The molecule has 1 aromatic carbocycles. The highest BCUT2D eigenvalue weighted by Crippen LogP contribution is 2.25. The third kappa shape index (κ3) is 2.01. The zero-order valence-electron chi connectivity index (χ0n) is 8.65. The Morgan fingerprint density at radius 3 is 2.62 bits per heavy atom. The van der Waals surface area contributed by atoms with Gasteiger partial charge in [0.1, 0.15) is 0 Å². The molecule has 1 heterocycles. The summed E-state index contributed by atoms with van der Waals surface area (Å²) in [4.78, 5) is 11.6. The fourth-order valence-electron chi connectivity index (χ4n) is 1.49. The van der Waals surface area contributed by atoms with E-state index >= 15 is 0 Å². The molecule has 0 aliphatic heterocycles. The average Bonchev–Trinajstić information content (AvgIpc) is 2.57. The normalized spacial score (nSPS) is 10.7. The number of benzene rings is 1. The Bertz CT molecular complexity index is 572. The molecule has 0 saturated carbocycles. The van der Waals surface area contributed by atoms with Crippen molar-refractivity contribution in [1.82, 2.24) is 9.13 Å². The van der Waals surface area contributed by atoms with Crippen molar-refractivity contribution in [3.05, 3.63) is 56.7 Å². The molecule has 0 radical (unpaired) electrons. The van der Waals surface area contributed by atoms with Crippen LogP contribution in [0.1, 0.15) is 5.56 Å². The molecule has 0 amide bonds. The molecule has 0 fully saturated rings. The molecule has 0 aliphatic rings. The summed E-state index contributed by atoms with van der Waals surface area (Å²) < 4.78 is 3.09. The van der Waals surface area contributed by atoms with Crippen molar-refractivity contribution in [3.63, 3.8) is 0 Å². The summed E-state index contributed by atoms with van der Waals surface area (Å²) in [6, 6.07) is 5.40. The molecular formula is C11H10Cl2N2O. The first kappa shape index (κ1) is 11.3. The third-order valence-corrected chi connectivity index (χ3v) is 3.25. The lowest BCUT2D eigenvalue weighted by Crippen LogP contribution is -2.22. The second-order valence-corrected chi connectivity index (χ2v) is 4.32. The highest BCUT2D eigenvalue weighted by Gasteiger charge is 2.06. The molecule has 0 aliphatic carbocycles. The van der Waals surface area contributed by atoms with E-state index in [1.165, 1.54) is 4.57 Å². The van der Waals surface area contributed by atoms with Gasteiger partial charge in [-0.3, -0.25) is 4.57 Å². The van der Waals surface area contributed by atoms with Crippen molar-refractivity contribution < 1.29 is 0 Å². The van der Waals surface area contributed by atoms with E-state index in [0.29, 0.717) is 16.6 Å². The van der Waals surface area contributed by atoms with Crippen molar-refractivity contribution in [1.29, 1.82) is 0 Å². The number of hydrogen-bond acceptors (Lipinski definition) is 1.